The van der Waals surface area contributed by atoms with Crippen molar-refractivity contribution in [2.24, 2.45) is 7.05 Å². The first-order valence-electron chi connectivity index (χ1n) is 6.63. The van der Waals surface area contributed by atoms with Crippen molar-refractivity contribution < 1.29 is 4.57 Å². The van der Waals surface area contributed by atoms with Gasteiger partial charge < -0.3 is 0 Å². The fraction of sp³-hybridized carbons (Fsp3) is 0.133. The van der Waals surface area contributed by atoms with Crippen molar-refractivity contribution >= 4 is 16.9 Å². The number of benzene rings is 1. The lowest BCUT2D eigenvalue weighted by atomic mass is 10.1. The smallest absolute Gasteiger partial charge is 0.256 e. The summed E-state index contributed by atoms with van der Waals surface area (Å²) in [5.74, 6) is 1.23. The van der Waals surface area contributed by atoms with Crippen molar-refractivity contribution in [2.75, 3.05) is 0 Å². The highest BCUT2D eigenvalue weighted by atomic mass is 15.3. The summed E-state index contributed by atoms with van der Waals surface area (Å²) in [6.07, 6.45) is 5.56. The molecule has 0 radical (unpaired) electrons. The van der Waals surface area contributed by atoms with Gasteiger partial charge in [0.2, 0.25) is 11.5 Å². The van der Waals surface area contributed by atoms with Crippen LogP contribution in [0.25, 0.3) is 28.3 Å². The van der Waals surface area contributed by atoms with Crippen LogP contribution in [-0.2, 0) is 13.6 Å². The van der Waals surface area contributed by atoms with E-state index in [2.05, 4.69) is 49.8 Å². The lowest BCUT2D eigenvalue weighted by molar-refractivity contribution is -0.636. The third-order valence-electron chi connectivity index (χ3n) is 4.12. The van der Waals surface area contributed by atoms with E-state index < -0.39 is 0 Å². The van der Waals surface area contributed by atoms with Gasteiger partial charge in [0.25, 0.3) is 11.3 Å². The maximum atomic E-state index is 4.73. The molecule has 3 aromatic heterocycles. The number of imidazole rings is 2. The molecule has 0 saturated heterocycles. The molecule has 96 valence electrons. The van der Waals surface area contributed by atoms with Crippen LogP contribution < -0.4 is 4.57 Å². The van der Waals surface area contributed by atoms with Crippen LogP contribution in [0.2, 0.25) is 0 Å². The molecule has 0 bridgehead atoms. The van der Waals surface area contributed by atoms with Gasteiger partial charge >= 0.3 is 0 Å². The first-order chi connectivity index (χ1) is 9.84. The lowest BCUT2D eigenvalue weighted by Gasteiger charge is -1.96. The van der Waals surface area contributed by atoms with Crippen LogP contribution >= 0.6 is 0 Å². The van der Waals surface area contributed by atoms with Crippen LogP contribution in [0.15, 0.2) is 42.9 Å². The van der Waals surface area contributed by atoms with Crippen molar-refractivity contribution in [3.05, 3.63) is 48.4 Å². The van der Waals surface area contributed by atoms with Crippen LogP contribution in [-0.4, -0.2) is 18.9 Å². The Bertz CT molecular complexity index is 992. The first-order valence-corrected chi connectivity index (χ1v) is 6.63. The summed E-state index contributed by atoms with van der Waals surface area (Å²) in [7, 11) is 2.10. The Kier molecular flexibility index (Phi) is 1.65. The van der Waals surface area contributed by atoms with Gasteiger partial charge in [-0.05, 0) is 6.07 Å². The highest BCUT2D eigenvalue weighted by Crippen LogP contribution is 2.32. The number of aromatic nitrogens is 5. The minimum absolute atomic E-state index is 0.888. The van der Waals surface area contributed by atoms with Crippen molar-refractivity contribution in [3.8, 4) is 11.4 Å². The molecule has 5 nitrogen and oxygen atoms in total. The summed E-state index contributed by atoms with van der Waals surface area (Å²) < 4.78 is 6.60. The molecule has 5 heteroatoms. The summed E-state index contributed by atoms with van der Waals surface area (Å²) in [6.45, 7) is 0.889. The maximum absolute atomic E-state index is 4.73. The molecular weight excluding hydrogens is 250 g/mol. The van der Waals surface area contributed by atoms with E-state index in [0.717, 1.165) is 23.5 Å². The molecule has 1 aliphatic rings. The summed E-state index contributed by atoms with van der Waals surface area (Å²) in [5.41, 5.74) is 5.68. The molecule has 0 unspecified atom stereocenters. The SMILES string of the molecule is C[n+]1c2n(c3nc4cnccn4c31)Cc1ccccc1-2. The topological polar surface area (TPSA) is 39.0 Å². The van der Waals surface area contributed by atoms with Crippen LogP contribution in [0.4, 0.5) is 0 Å². The van der Waals surface area contributed by atoms with E-state index in [-0.39, 0.29) is 0 Å². The Hall–Kier alpha value is -2.69. The molecule has 5 rings (SSSR count). The van der Waals surface area contributed by atoms with Crippen molar-refractivity contribution in [3.63, 3.8) is 0 Å². The molecular formula is C15H12N5+. The Morgan fingerprint density at radius 3 is 3.10 bits per heavy atom. The standard InChI is InChI=1S/C15H12N5/c1-18-14-11-5-3-2-4-10(11)9-20(14)13-15(18)19-7-6-16-8-12(19)17-13/h2-8H,9H2,1H3/q+1. The van der Waals surface area contributed by atoms with Gasteiger partial charge in [-0.1, -0.05) is 18.2 Å². The molecule has 4 aromatic rings. The predicted molar refractivity (Wildman–Crippen MR) is 74.2 cm³/mol. The van der Waals surface area contributed by atoms with E-state index in [0.29, 0.717) is 0 Å². The molecule has 1 aromatic carbocycles. The summed E-state index contributed by atoms with van der Waals surface area (Å²) in [6, 6.07) is 8.55. The third-order valence-corrected chi connectivity index (χ3v) is 4.12. The number of aryl methyl sites for hydroxylation is 1. The van der Waals surface area contributed by atoms with Crippen LogP contribution in [0.1, 0.15) is 5.56 Å². The van der Waals surface area contributed by atoms with E-state index in [1.807, 2.05) is 6.20 Å². The average molecular weight is 262 g/mol. The number of hydrogen-bond donors (Lipinski definition) is 0. The zero-order valence-electron chi connectivity index (χ0n) is 11.0. The van der Waals surface area contributed by atoms with Crippen molar-refractivity contribution in [1.29, 1.82) is 0 Å². The fourth-order valence-electron chi connectivity index (χ4n) is 3.28. The third kappa shape index (κ3) is 1.02. The number of fused-ring (bicyclic) bond motifs is 7. The maximum Gasteiger partial charge on any atom is 0.295 e. The zero-order valence-corrected chi connectivity index (χ0v) is 11.0. The van der Waals surface area contributed by atoms with Crippen LogP contribution in [0.5, 0.6) is 0 Å². The lowest BCUT2D eigenvalue weighted by Crippen LogP contribution is -2.30. The molecule has 4 heterocycles. The molecule has 20 heavy (non-hydrogen) atoms. The molecule has 1 aliphatic heterocycles. The van der Waals surface area contributed by atoms with Gasteiger partial charge in [-0.2, -0.15) is 4.98 Å². The Balaban J connectivity index is 1.98. The largest absolute Gasteiger partial charge is 0.295 e. The highest BCUT2D eigenvalue weighted by Gasteiger charge is 2.33. The van der Waals surface area contributed by atoms with E-state index in [4.69, 9.17) is 4.98 Å². The molecule has 0 amide bonds. The summed E-state index contributed by atoms with van der Waals surface area (Å²) >= 11 is 0. The molecule has 0 spiro atoms. The average Bonchev–Trinajstić information content (AvgIpc) is 3.10. The molecule has 0 fully saturated rings. The van der Waals surface area contributed by atoms with Gasteiger partial charge in [0.1, 0.15) is 0 Å². The van der Waals surface area contributed by atoms with Gasteiger partial charge in [-0.15, -0.1) is 0 Å². The normalized spacial score (nSPS) is 13.1. The summed E-state index contributed by atoms with van der Waals surface area (Å²) in [5, 5.41) is 0. The van der Waals surface area contributed by atoms with E-state index >= 15 is 0 Å². The first kappa shape index (κ1) is 10.1. The minimum Gasteiger partial charge on any atom is -0.256 e. The van der Waals surface area contributed by atoms with Crippen molar-refractivity contribution in [1.82, 2.24) is 18.9 Å². The van der Waals surface area contributed by atoms with Crippen molar-refractivity contribution in [2.45, 2.75) is 6.54 Å². The number of nitrogens with zero attached hydrogens (tertiary/aromatic N) is 5. The monoisotopic (exact) mass is 262 g/mol. The van der Waals surface area contributed by atoms with Crippen LogP contribution in [0, 0.1) is 0 Å². The zero-order chi connectivity index (χ0) is 13.3. The molecule has 0 N–H and O–H groups in total. The predicted octanol–water partition coefficient (Wildman–Crippen LogP) is 1.54. The van der Waals surface area contributed by atoms with E-state index in [9.17, 15) is 0 Å². The molecule has 0 atom stereocenters. The fourth-order valence-corrected chi connectivity index (χ4v) is 3.28. The second-order valence-corrected chi connectivity index (χ2v) is 5.19. The Morgan fingerprint density at radius 2 is 2.15 bits per heavy atom. The van der Waals surface area contributed by atoms with E-state index in [1.165, 1.54) is 17.0 Å². The Labute approximate surface area is 114 Å². The van der Waals surface area contributed by atoms with Gasteiger partial charge in [0.15, 0.2) is 0 Å². The highest BCUT2D eigenvalue weighted by molar-refractivity contribution is 5.77. The van der Waals surface area contributed by atoms with Crippen LogP contribution in [0.3, 0.4) is 0 Å². The number of hydrogen-bond acceptors (Lipinski definition) is 2. The van der Waals surface area contributed by atoms with Gasteiger partial charge in [-0.25, -0.2) is 13.5 Å². The second-order valence-electron chi connectivity index (χ2n) is 5.19. The molecule has 0 aliphatic carbocycles. The van der Waals surface area contributed by atoms with Gasteiger partial charge in [-0.3, -0.25) is 4.98 Å². The van der Waals surface area contributed by atoms with Gasteiger partial charge in [0, 0.05) is 5.56 Å². The quantitative estimate of drug-likeness (QED) is 0.397. The molecule has 0 saturated carbocycles. The van der Waals surface area contributed by atoms with Gasteiger partial charge in [0.05, 0.1) is 37.7 Å². The number of rotatable bonds is 0. The Morgan fingerprint density at radius 1 is 1.25 bits per heavy atom. The summed E-state index contributed by atoms with van der Waals surface area (Å²) in [4.78, 5) is 8.88. The minimum atomic E-state index is 0.888. The second kappa shape index (κ2) is 3.25. The van der Waals surface area contributed by atoms with E-state index in [1.54, 1.807) is 12.4 Å².